The maximum atomic E-state index is 14.5. The van der Waals surface area contributed by atoms with Crippen LogP contribution < -0.4 is 26.0 Å². The lowest BCUT2D eigenvalue weighted by atomic mass is 9.68. The first-order valence-electron chi connectivity index (χ1n) is 20.2. The topological polar surface area (TPSA) is 153 Å². The van der Waals surface area contributed by atoms with Crippen molar-refractivity contribution in [2.24, 2.45) is 35.0 Å². The highest BCUT2D eigenvalue weighted by atomic mass is 28.3. The maximum Gasteiger partial charge on any atom is 0.407 e. The van der Waals surface area contributed by atoms with Crippen LogP contribution in [0.25, 0.3) is 0 Å². The maximum absolute atomic E-state index is 14.5. The Morgan fingerprint density at radius 1 is 0.836 bits per heavy atom. The zero-order valence-electron chi connectivity index (χ0n) is 36.8. The van der Waals surface area contributed by atoms with Crippen LogP contribution >= 0.6 is 0 Å². The van der Waals surface area contributed by atoms with Crippen LogP contribution in [-0.4, -0.2) is 84.1 Å². The SMILES string of the molecule is CNC(=O)C(C)CNC(=O)C(CCC(CC(C(C)C)[C@@](NC(=O)c1ccccc1OCCCCOC)(O[SiH](C)C)C(C)(C)C)NC(=O)OC(C)(C)C)C(C)C. The molecule has 0 heterocycles. The number of nitrogens with one attached hydrogen (secondary N) is 4. The lowest BCUT2D eigenvalue weighted by Crippen LogP contribution is -2.66. The summed E-state index contributed by atoms with van der Waals surface area (Å²) in [6.45, 7) is 27.2. The Labute approximate surface area is 334 Å². The number of rotatable bonds is 23. The number of ether oxygens (including phenoxy) is 3. The fourth-order valence-electron chi connectivity index (χ4n) is 6.86. The summed E-state index contributed by atoms with van der Waals surface area (Å²) in [6.07, 6.45) is 2.47. The second kappa shape index (κ2) is 23.2. The number of benzene rings is 1. The van der Waals surface area contributed by atoms with Gasteiger partial charge < -0.3 is 39.9 Å². The van der Waals surface area contributed by atoms with Crippen LogP contribution in [0.3, 0.4) is 0 Å². The smallest absolute Gasteiger partial charge is 0.407 e. The van der Waals surface area contributed by atoms with Crippen molar-refractivity contribution in [3.05, 3.63) is 29.8 Å². The number of carbonyl (C=O) groups excluding carboxylic acids is 4. The minimum Gasteiger partial charge on any atom is -0.493 e. The number of carbonyl (C=O) groups is 4. The molecule has 0 aliphatic carbocycles. The summed E-state index contributed by atoms with van der Waals surface area (Å²) in [6, 6.07) is 6.82. The molecule has 0 saturated carbocycles. The molecular formula is C42H76N4O8Si. The number of alkyl carbamates (subject to hydrolysis) is 1. The Hall–Kier alpha value is -3.16. The van der Waals surface area contributed by atoms with Gasteiger partial charge in [-0.3, -0.25) is 14.4 Å². The van der Waals surface area contributed by atoms with E-state index < -0.39 is 37.9 Å². The second-order valence-electron chi connectivity index (χ2n) is 17.8. The number of hydrogen-bond donors (Lipinski definition) is 4. The Kier molecular flexibility index (Phi) is 21.0. The van der Waals surface area contributed by atoms with Gasteiger partial charge in [0.05, 0.1) is 18.1 Å². The van der Waals surface area contributed by atoms with Gasteiger partial charge in [0.25, 0.3) is 5.91 Å². The molecule has 5 atom stereocenters. The van der Waals surface area contributed by atoms with E-state index in [1.807, 2.05) is 52.8 Å². The molecule has 0 saturated heterocycles. The number of para-hydroxylation sites is 1. The molecule has 4 N–H and O–H groups in total. The molecule has 0 bridgehead atoms. The molecule has 1 aromatic rings. The average molecular weight is 793 g/mol. The van der Waals surface area contributed by atoms with Gasteiger partial charge in [0, 0.05) is 50.6 Å². The Morgan fingerprint density at radius 3 is 1.98 bits per heavy atom. The van der Waals surface area contributed by atoms with Crippen LogP contribution in [0.2, 0.25) is 13.1 Å². The van der Waals surface area contributed by atoms with Gasteiger partial charge in [0.2, 0.25) is 11.8 Å². The Bertz CT molecular complexity index is 1340. The van der Waals surface area contributed by atoms with E-state index in [0.717, 1.165) is 12.8 Å². The van der Waals surface area contributed by atoms with E-state index in [4.69, 9.17) is 18.6 Å². The van der Waals surface area contributed by atoms with Crippen molar-refractivity contribution >= 4 is 32.9 Å². The third kappa shape index (κ3) is 16.8. The third-order valence-electron chi connectivity index (χ3n) is 9.80. The van der Waals surface area contributed by atoms with Crippen LogP contribution in [0, 0.1) is 35.0 Å². The Balaban J connectivity index is 3.66. The van der Waals surface area contributed by atoms with Crippen molar-refractivity contribution in [2.75, 3.05) is 33.9 Å². The predicted molar refractivity (Wildman–Crippen MR) is 223 cm³/mol. The molecule has 1 rings (SSSR count). The molecule has 0 aromatic heterocycles. The summed E-state index contributed by atoms with van der Waals surface area (Å²) in [5.74, 6) is -1.10. The van der Waals surface area contributed by atoms with E-state index in [-0.39, 0.29) is 53.9 Å². The molecule has 0 radical (unpaired) electrons. The molecule has 4 unspecified atom stereocenters. The van der Waals surface area contributed by atoms with E-state index in [1.165, 1.54) is 0 Å². The Morgan fingerprint density at radius 2 is 1.45 bits per heavy atom. The summed E-state index contributed by atoms with van der Waals surface area (Å²) in [5, 5.41) is 12.2. The number of amides is 4. The van der Waals surface area contributed by atoms with E-state index in [9.17, 15) is 19.2 Å². The van der Waals surface area contributed by atoms with Crippen LogP contribution in [0.1, 0.15) is 119 Å². The molecule has 13 heteroatoms. The number of unbranched alkanes of at least 4 members (excludes halogenated alkanes) is 1. The van der Waals surface area contributed by atoms with Gasteiger partial charge in [-0.05, 0) is 89.9 Å². The van der Waals surface area contributed by atoms with Gasteiger partial charge >= 0.3 is 6.09 Å². The highest BCUT2D eigenvalue weighted by molar-refractivity contribution is 6.48. The van der Waals surface area contributed by atoms with Crippen LogP contribution in [0.4, 0.5) is 4.79 Å². The zero-order chi connectivity index (χ0) is 42.1. The average Bonchev–Trinajstić information content (AvgIpc) is 3.06. The molecule has 1 aromatic carbocycles. The van der Waals surface area contributed by atoms with Crippen molar-refractivity contribution in [1.82, 2.24) is 21.3 Å². The van der Waals surface area contributed by atoms with Crippen molar-refractivity contribution in [3.8, 4) is 5.75 Å². The standard InChI is InChI=1S/C42H76N4O8Si/c1-28(2)32(37(48)44-27-30(5)36(47)43-12)23-22-31(45-39(50)53-41(9,10)11)26-34(29(3)4)42(40(6,7)8,54-55(14)15)46-38(49)33-20-16-17-21-35(33)52-25-19-18-24-51-13/h16-17,20-21,28-32,34,55H,18-19,22-27H2,1-15H3,(H,43,47)(H,44,48)(H,45,50)(H,46,49)/t30?,31?,32?,34?,42-/m1/s1. The molecular weight excluding hydrogens is 717 g/mol. The van der Waals surface area contributed by atoms with Crippen LogP contribution in [-0.2, 0) is 23.5 Å². The lowest BCUT2D eigenvalue weighted by Gasteiger charge is -2.53. The fraction of sp³-hybridized carbons (Fsp3) is 0.762. The third-order valence-corrected chi connectivity index (χ3v) is 10.6. The van der Waals surface area contributed by atoms with Gasteiger partial charge in [0.15, 0.2) is 9.04 Å². The molecule has 4 amide bonds. The largest absolute Gasteiger partial charge is 0.493 e. The van der Waals surface area contributed by atoms with Crippen molar-refractivity contribution < 1.29 is 37.8 Å². The first-order chi connectivity index (χ1) is 25.5. The quantitative estimate of drug-likeness (QED) is 0.0522. The summed E-state index contributed by atoms with van der Waals surface area (Å²) < 4.78 is 24.1. The summed E-state index contributed by atoms with van der Waals surface area (Å²) in [4.78, 5) is 53.5. The highest BCUT2D eigenvalue weighted by Gasteiger charge is 2.52. The van der Waals surface area contributed by atoms with Gasteiger partial charge in [0.1, 0.15) is 17.1 Å². The molecule has 55 heavy (non-hydrogen) atoms. The monoisotopic (exact) mass is 793 g/mol. The predicted octanol–water partition coefficient (Wildman–Crippen LogP) is 7.07. The first-order valence-corrected chi connectivity index (χ1v) is 23.0. The lowest BCUT2D eigenvalue weighted by molar-refractivity contribution is -0.128. The second-order valence-corrected chi connectivity index (χ2v) is 20.1. The molecule has 0 aliphatic heterocycles. The van der Waals surface area contributed by atoms with Gasteiger partial charge in [-0.1, -0.05) is 67.5 Å². The summed E-state index contributed by atoms with van der Waals surface area (Å²) >= 11 is 0. The molecule has 0 fully saturated rings. The van der Waals surface area contributed by atoms with E-state index >= 15 is 0 Å². The van der Waals surface area contributed by atoms with Gasteiger partial charge in [-0.25, -0.2) is 4.79 Å². The fourth-order valence-corrected chi connectivity index (χ4v) is 8.19. The van der Waals surface area contributed by atoms with Crippen molar-refractivity contribution in [2.45, 2.75) is 139 Å². The summed E-state index contributed by atoms with van der Waals surface area (Å²) in [7, 11) is 1.42. The zero-order valence-corrected chi connectivity index (χ0v) is 37.9. The van der Waals surface area contributed by atoms with E-state index in [1.54, 1.807) is 27.1 Å². The molecule has 12 nitrogen and oxygen atoms in total. The molecule has 316 valence electrons. The highest BCUT2D eigenvalue weighted by Crippen LogP contribution is 2.45. The minimum absolute atomic E-state index is 0.00196. The van der Waals surface area contributed by atoms with Crippen LogP contribution in [0.5, 0.6) is 5.75 Å². The first kappa shape index (κ1) is 49.9. The van der Waals surface area contributed by atoms with Gasteiger partial charge in [-0.15, -0.1) is 0 Å². The number of hydrogen-bond acceptors (Lipinski definition) is 8. The normalized spacial score (nSPS) is 15.5. The van der Waals surface area contributed by atoms with E-state index in [2.05, 4.69) is 69.0 Å². The van der Waals surface area contributed by atoms with Crippen molar-refractivity contribution in [1.29, 1.82) is 0 Å². The summed E-state index contributed by atoms with van der Waals surface area (Å²) in [5.41, 5.74) is -2.05. The molecule has 0 aliphatic rings. The number of methoxy groups -OCH3 is 1. The van der Waals surface area contributed by atoms with Crippen LogP contribution in [0.15, 0.2) is 24.3 Å². The van der Waals surface area contributed by atoms with Gasteiger partial charge in [-0.2, -0.15) is 0 Å². The molecule has 0 spiro atoms. The van der Waals surface area contributed by atoms with E-state index in [0.29, 0.717) is 43.8 Å². The van der Waals surface area contributed by atoms with Crippen molar-refractivity contribution in [3.63, 3.8) is 0 Å². The minimum atomic E-state index is -1.83.